The van der Waals surface area contributed by atoms with E-state index in [9.17, 15) is 0 Å². The third-order valence-electron chi connectivity index (χ3n) is 2.11. The molecule has 4 nitrogen and oxygen atoms in total. The topological polar surface area (TPSA) is 47.0 Å². The first-order chi connectivity index (χ1) is 8.19. The van der Waals surface area contributed by atoms with Crippen molar-refractivity contribution in [1.29, 1.82) is 0 Å². The van der Waals surface area contributed by atoms with Gasteiger partial charge in [-0.3, -0.25) is 0 Å². The minimum atomic E-state index is 0.547. The second-order valence-corrected chi connectivity index (χ2v) is 4.62. The fourth-order valence-electron chi connectivity index (χ4n) is 1.34. The SMILES string of the molecule is CNc1nc(C)cc(Oc2ccccc2I)n1. The Morgan fingerprint density at radius 3 is 2.71 bits per heavy atom. The molecule has 1 heterocycles. The molecule has 0 spiro atoms. The van der Waals surface area contributed by atoms with Crippen LogP contribution in [-0.2, 0) is 0 Å². The number of halogens is 1. The minimum absolute atomic E-state index is 0.547. The van der Waals surface area contributed by atoms with Gasteiger partial charge in [-0.1, -0.05) is 12.1 Å². The Morgan fingerprint density at radius 2 is 2.00 bits per heavy atom. The summed E-state index contributed by atoms with van der Waals surface area (Å²) in [6, 6.07) is 9.62. The summed E-state index contributed by atoms with van der Waals surface area (Å²) < 4.78 is 6.78. The van der Waals surface area contributed by atoms with Gasteiger partial charge < -0.3 is 10.1 Å². The normalized spacial score (nSPS) is 10.1. The summed E-state index contributed by atoms with van der Waals surface area (Å²) in [5.41, 5.74) is 0.866. The number of rotatable bonds is 3. The Kier molecular flexibility index (Phi) is 3.78. The number of nitrogens with zero attached hydrogens (tertiary/aromatic N) is 2. The number of nitrogens with one attached hydrogen (secondary N) is 1. The maximum absolute atomic E-state index is 5.73. The highest BCUT2D eigenvalue weighted by molar-refractivity contribution is 14.1. The lowest BCUT2D eigenvalue weighted by molar-refractivity contribution is 0.458. The summed E-state index contributed by atoms with van der Waals surface area (Å²) in [6.07, 6.45) is 0. The summed E-state index contributed by atoms with van der Waals surface area (Å²) in [5.74, 6) is 1.91. The van der Waals surface area contributed by atoms with Crippen LogP contribution in [0.5, 0.6) is 11.6 Å². The van der Waals surface area contributed by atoms with Gasteiger partial charge in [-0.25, -0.2) is 4.98 Å². The third-order valence-corrected chi connectivity index (χ3v) is 3.00. The van der Waals surface area contributed by atoms with Crippen molar-refractivity contribution in [3.8, 4) is 11.6 Å². The van der Waals surface area contributed by atoms with Crippen LogP contribution >= 0.6 is 22.6 Å². The Labute approximate surface area is 114 Å². The van der Waals surface area contributed by atoms with Gasteiger partial charge in [0.2, 0.25) is 11.8 Å². The van der Waals surface area contributed by atoms with Crippen LogP contribution < -0.4 is 10.1 Å². The summed E-state index contributed by atoms with van der Waals surface area (Å²) in [6.45, 7) is 1.91. The molecule has 0 aliphatic carbocycles. The zero-order chi connectivity index (χ0) is 12.3. The molecule has 2 rings (SSSR count). The molecule has 0 fully saturated rings. The molecule has 0 atom stereocenters. The van der Waals surface area contributed by atoms with Crippen LogP contribution in [0.4, 0.5) is 5.95 Å². The van der Waals surface area contributed by atoms with Crippen molar-refractivity contribution < 1.29 is 4.74 Å². The number of para-hydroxylation sites is 1. The van der Waals surface area contributed by atoms with Gasteiger partial charge in [-0.15, -0.1) is 0 Å². The molecule has 1 aromatic heterocycles. The quantitative estimate of drug-likeness (QED) is 0.871. The van der Waals surface area contributed by atoms with Gasteiger partial charge in [0.25, 0.3) is 0 Å². The molecule has 1 aromatic carbocycles. The molecule has 1 N–H and O–H groups in total. The van der Waals surface area contributed by atoms with Gasteiger partial charge in [0.15, 0.2) is 0 Å². The molecule has 2 aromatic rings. The van der Waals surface area contributed by atoms with E-state index < -0.39 is 0 Å². The van der Waals surface area contributed by atoms with E-state index in [1.807, 2.05) is 37.3 Å². The van der Waals surface area contributed by atoms with Crippen LogP contribution in [0.2, 0.25) is 0 Å². The smallest absolute Gasteiger partial charge is 0.225 e. The fourth-order valence-corrected chi connectivity index (χ4v) is 1.84. The van der Waals surface area contributed by atoms with Crippen molar-refractivity contribution in [2.45, 2.75) is 6.92 Å². The largest absolute Gasteiger partial charge is 0.438 e. The van der Waals surface area contributed by atoms with Crippen LogP contribution in [0.15, 0.2) is 30.3 Å². The standard InChI is InChI=1S/C12H12IN3O/c1-8-7-11(16-12(14-2)15-8)17-10-6-4-3-5-9(10)13/h3-7H,1-2H3,(H,14,15,16). The van der Waals surface area contributed by atoms with Gasteiger partial charge in [0.1, 0.15) is 5.75 Å². The predicted molar refractivity (Wildman–Crippen MR) is 75.5 cm³/mol. The zero-order valence-corrected chi connectivity index (χ0v) is 11.7. The fraction of sp³-hybridized carbons (Fsp3) is 0.167. The van der Waals surface area contributed by atoms with Crippen LogP contribution in [0.1, 0.15) is 5.69 Å². The molecular formula is C12H12IN3O. The van der Waals surface area contributed by atoms with Gasteiger partial charge >= 0.3 is 0 Å². The van der Waals surface area contributed by atoms with E-state index in [2.05, 4.69) is 37.9 Å². The first-order valence-corrected chi connectivity index (χ1v) is 6.23. The molecule has 0 bridgehead atoms. The van der Waals surface area contributed by atoms with E-state index in [0.29, 0.717) is 11.8 Å². The maximum Gasteiger partial charge on any atom is 0.225 e. The number of anilines is 1. The van der Waals surface area contributed by atoms with Crippen molar-refractivity contribution in [2.24, 2.45) is 0 Å². The average Bonchev–Trinajstić information content (AvgIpc) is 2.31. The molecule has 0 unspecified atom stereocenters. The molecule has 17 heavy (non-hydrogen) atoms. The lowest BCUT2D eigenvalue weighted by atomic mass is 10.3. The van der Waals surface area contributed by atoms with E-state index in [1.165, 1.54) is 0 Å². The number of hydrogen-bond donors (Lipinski definition) is 1. The second-order valence-electron chi connectivity index (χ2n) is 3.45. The molecule has 0 radical (unpaired) electrons. The van der Waals surface area contributed by atoms with Crippen LogP contribution in [0, 0.1) is 10.5 Å². The summed E-state index contributed by atoms with van der Waals surface area (Å²) in [5, 5.41) is 2.90. The molecule has 0 aliphatic rings. The number of benzene rings is 1. The highest BCUT2D eigenvalue weighted by Crippen LogP contribution is 2.25. The highest BCUT2D eigenvalue weighted by atomic mass is 127. The first-order valence-electron chi connectivity index (χ1n) is 5.15. The summed E-state index contributed by atoms with van der Waals surface area (Å²) in [7, 11) is 1.78. The Morgan fingerprint density at radius 1 is 1.24 bits per heavy atom. The monoisotopic (exact) mass is 341 g/mol. The predicted octanol–water partition coefficient (Wildman–Crippen LogP) is 3.22. The lowest BCUT2D eigenvalue weighted by Crippen LogP contribution is -2.00. The minimum Gasteiger partial charge on any atom is -0.438 e. The maximum atomic E-state index is 5.73. The number of ether oxygens (including phenoxy) is 1. The van der Waals surface area contributed by atoms with Gasteiger partial charge in [-0.05, 0) is 41.6 Å². The van der Waals surface area contributed by atoms with Crippen LogP contribution in [0.25, 0.3) is 0 Å². The highest BCUT2D eigenvalue weighted by Gasteiger charge is 2.05. The Hall–Kier alpha value is -1.37. The van der Waals surface area contributed by atoms with Gasteiger partial charge in [0.05, 0.1) is 3.57 Å². The van der Waals surface area contributed by atoms with Crippen molar-refractivity contribution in [3.63, 3.8) is 0 Å². The van der Waals surface area contributed by atoms with E-state index >= 15 is 0 Å². The van der Waals surface area contributed by atoms with Gasteiger partial charge in [0, 0.05) is 18.8 Å². The van der Waals surface area contributed by atoms with Crippen LogP contribution in [0.3, 0.4) is 0 Å². The van der Waals surface area contributed by atoms with E-state index in [1.54, 1.807) is 7.05 Å². The van der Waals surface area contributed by atoms with E-state index in [0.717, 1.165) is 15.0 Å². The average molecular weight is 341 g/mol. The number of aromatic nitrogens is 2. The van der Waals surface area contributed by atoms with Crippen molar-refractivity contribution in [3.05, 3.63) is 39.6 Å². The summed E-state index contributed by atoms with van der Waals surface area (Å²) in [4.78, 5) is 8.45. The van der Waals surface area contributed by atoms with Crippen molar-refractivity contribution in [2.75, 3.05) is 12.4 Å². The summed E-state index contributed by atoms with van der Waals surface area (Å²) >= 11 is 2.23. The van der Waals surface area contributed by atoms with E-state index in [4.69, 9.17) is 4.74 Å². The molecular weight excluding hydrogens is 329 g/mol. The number of aryl methyl sites for hydroxylation is 1. The molecule has 0 amide bonds. The number of hydrogen-bond acceptors (Lipinski definition) is 4. The lowest BCUT2D eigenvalue weighted by Gasteiger charge is -2.08. The molecule has 0 aliphatic heterocycles. The zero-order valence-electron chi connectivity index (χ0n) is 9.57. The Balaban J connectivity index is 2.30. The Bertz CT molecular complexity index is 531. The molecule has 5 heteroatoms. The van der Waals surface area contributed by atoms with Gasteiger partial charge in [-0.2, -0.15) is 4.98 Å². The molecule has 0 saturated heterocycles. The first kappa shape index (κ1) is 12.1. The van der Waals surface area contributed by atoms with Crippen LogP contribution in [-0.4, -0.2) is 17.0 Å². The van der Waals surface area contributed by atoms with Crippen molar-refractivity contribution >= 4 is 28.5 Å². The second kappa shape index (κ2) is 5.31. The molecule has 0 saturated carbocycles. The van der Waals surface area contributed by atoms with Crippen molar-refractivity contribution in [1.82, 2.24) is 9.97 Å². The van der Waals surface area contributed by atoms with E-state index in [-0.39, 0.29) is 0 Å². The molecule has 88 valence electrons. The third kappa shape index (κ3) is 3.06.